The molecule has 0 spiro atoms. The van der Waals surface area contributed by atoms with Gasteiger partial charge < -0.3 is 9.73 Å². The van der Waals surface area contributed by atoms with Crippen LogP contribution in [-0.4, -0.2) is 20.7 Å². The Balaban J connectivity index is 1.62. The molecule has 0 atom stereocenters. The molecular formula is C19H13F3N4O2S. The summed E-state index contributed by atoms with van der Waals surface area (Å²) in [5, 5.41) is 9.18. The van der Waals surface area contributed by atoms with E-state index in [0.29, 0.717) is 28.1 Å². The molecule has 148 valence electrons. The van der Waals surface area contributed by atoms with Crippen LogP contribution in [0, 0.1) is 6.92 Å². The molecule has 29 heavy (non-hydrogen) atoms. The molecule has 1 aromatic carbocycles. The van der Waals surface area contributed by atoms with Gasteiger partial charge in [-0.15, -0.1) is 11.3 Å². The second-order valence-corrected chi connectivity index (χ2v) is 6.94. The lowest BCUT2D eigenvalue weighted by molar-refractivity contribution is -0.137. The van der Waals surface area contributed by atoms with Gasteiger partial charge in [0.1, 0.15) is 11.5 Å². The van der Waals surface area contributed by atoms with Crippen molar-refractivity contribution in [2.75, 3.05) is 5.32 Å². The van der Waals surface area contributed by atoms with Crippen LogP contribution in [0.25, 0.3) is 16.6 Å². The Morgan fingerprint density at radius 2 is 2.03 bits per heavy atom. The number of furan rings is 1. The summed E-state index contributed by atoms with van der Waals surface area (Å²) in [6.45, 7) is 1.73. The van der Waals surface area contributed by atoms with E-state index in [1.54, 1.807) is 30.5 Å². The standard InChI is InChI=1S/C19H13F3N4O2S/c1-11-8-16(24-17(27)12-4-2-5-13(9-12)19(20,21)22)26(25-11)18-23-14(10-29-18)15-6-3-7-28-15/h2-10H,1H3,(H,24,27). The highest BCUT2D eigenvalue weighted by Crippen LogP contribution is 2.30. The van der Waals surface area contributed by atoms with E-state index >= 15 is 0 Å². The molecule has 3 heterocycles. The predicted octanol–water partition coefficient (Wildman–Crippen LogP) is 5.17. The third-order valence-electron chi connectivity index (χ3n) is 3.97. The smallest absolute Gasteiger partial charge is 0.416 e. The second-order valence-electron chi connectivity index (χ2n) is 6.11. The number of benzene rings is 1. The number of rotatable bonds is 4. The molecule has 3 aromatic heterocycles. The maximum Gasteiger partial charge on any atom is 0.416 e. The van der Waals surface area contributed by atoms with Crippen LogP contribution < -0.4 is 5.32 Å². The Labute approximate surface area is 166 Å². The molecule has 10 heteroatoms. The monoisotopic (exact) mass is 418 g/mol. The van der Waals surface area contributed by atoms with Crippen LogP contribution in [0.4, 0.5) is 19.0 Å². The number of carbonyl (C=O) groups is 1. The van der Waals surface area contributed by atoms with E-state index in [2.05, 4.69) is 15.4 Å². The minimum Gasteiger partial charge on any atom is -0.463 e. The lowest BCUT2D eigenvalue weighted by Crippen LogP contribution is -2.16. The lowest BCUT2D eigenvalue weighted by Gasteiger charge is -2.09. The van der Waals surface area contributed by atoms with Crippen molar-refractivity contribution >= 4 is 23.1 Å². The summed E-state index contributed by atoms with van der Waals surface area (Å²) in [5.74, 6) is 0.205. The SMILES string of the molecule is Cc1cc(NC(=O)c2cccc(C(F)(F)F)c2)n(-c2nc(-c3ccco3)cs2)n1. The number of thiazole rings is 1. The third-order valence-corrected chi connectivity index (χ3v) is 4.79. The second kappa shape index (κ2) is 7.21. The minimum absolute atomic E-state index is 0.111. The maximum atomic E-state index is 12.9. The van der Waals surface area contributed by atoms with E-state index < -0.39 is 17.6 Å². The molecule has 0 unspecified atom stereocenters. The van der Waals surface area contributed by atoms with Crippen molar-refractivity contribution in [1.82, 2.24) is 14.8 Å². The fourth-order valence-electron chi connectivity index (χ4n) is 2.66. The quantitative estimate of drug-likeness (QED) is 0.496. The van der Waals surface area contributed by atoms with Gasteiger partial charge in [0.15, 0.2) is 5.76 Å². The molecule has 0 fully saturated rings. The summed E-state index contributed by atoms with van der Waals surface area (Å²) in [5.41, 5.74) is 0.218. The first kappa shape index (κ1) is 18.9. The molecule has 0 saturated carbocycles. The van der Waals surface area contributed by atoms with Crippen LogP contribution in [-0.2, 0) is 6.18 Å². The highest BCUT2D eigenvalue weighted by Gasteiger charge is 2.31. The van der Waals surface area contributed by atoms with Gasteiger partial charge in [0, 0.05) is 17.0 Å². The molecule has 0 aliphatic heterocycles. The molecular weight excluding hydrogens is 405 g/mol. The predicted molar refractivity (Wildman–Crippen MR) is 101 cm³/mol. The number of halogens is 3. The third kappa shape index (κ3) is 3.92. The average molecular weight is 418 g/mol. The Morgan fingerprint density at radius 3 is 2.76 bits per heavy atom. The number of alkyl halides is 3. The van der Waals surface area contributed by atoms with Gasteiger partial charge in [-0.05, 0) is 37.3 Å². The number of aromatic nitrogens is 3. The number of carbonyl (C=O) groups excluding carboxylic acids is 1. The largest absolute Gasteiger partial charge is 0.463 e. The molecule has 0 aliphatic carbocycles. The Kier molecular flexibility index (Phi) is 4.71. The molecule has 0 radical (unpaired) electrons. The Bertz CT molecular complexity index is 1160. The molecule has 0 bridgehead atoms. The summed E-state index contributed by atoms with van der Waals surface area (Å²) >= 11 is 1.29. The number of hydrogen-bond acceptors (Lipinski definition) is 5. The highest BCUT2D eigenvalue weighted by molar-refractivity contribution is 7.12. The molecule has 4 aromatic rings. The Morgan fingerprint density at radius 1 is 1.21 bits per heavy atom. The van der Waals surface area contributed by atoms with Crippen molar-refractivity contribution in [3.8, 4) is 16.6 Å². The topological polar surface area (TPSA) is 73.0 Å². The van der Waals surface area contributed by atoms with Gasteiger partial charge in [0.05, 0.1) is 17.5 Å². The van der Waals surface area contributed by atoms with Crippen LogP contribution >= 0.6 is 11.3 Å². The molecule has 0 saturated heterocycles. The molecule has 0 aliphatic rings. The zero-order valence-electron chi connectivity index (χ0n) is 14.9. The highest BCUT2D eigenvalue weighted by atomic mass is 32.1. The van der Waals surface area contributed by atoms with Crippen LogP contribution in [0.2, 0.25) is 0 Å². The van der Waals surface area contributed by atoms with Gasteiger partial charge in [-0.1, -0.05) is 6.07 Å². The lowest BCUT2D eigenvalue weighted by atomic mass is 10.1. The number of anilines is 1. The minimum atomic E-state index is -4.53. The van der Waals surface area contributed by atoms with E-state index in [-0.39, 0.29) is 5.56 Å². The van der Waals surface area contributed by atoms with Gasteiger partial charge >= 0.3 is 6.18 Å². The molecule has 1 amide bonds. The normalized spacial score (nSPS) is 11.6. The van der Waals surface area contributed by atoms with E-state index in [4.69, 9.17) is 4.42 Å². The maximum absolute atomic E-state index is 12.9. The first-order valence-corrected chi connectivity index (χ1v) is 9.24. The van der Waals surface area contributed by atoms with E-state index in [9.17, 15) is 18.0 Å². The van der Waals surface area contributed by atoms with Gasteiger partial charge in [-0.25, -0.2) is 4.98 Å². The average Bonchev–Trinajstić information content (AvgIpc) is 3.41. The number of nitrogens with one attached hydrogen (secondary N) is 1. The zero-order chi connectivity index (χ0) is 20.6. The van der Waals surface area contributed by atoms with Crippen molar-refractivity contribution in [1.29, 1.82) is 0 Å². The van der Waals surface area contributed by atoms with Crippen molar-refractivity contribution < 1.29 is 22.4 Å². The fraction of sp³-hybridized carbons (Fsp3) is 0.105. The fourth-order valence-corrected chi connectivity index (χ4v) is 3.43. The van der Waals surface area contributed by atoms with Crippen molar-refractivity contribution in [3.05, 3.63) is 70.9 Å². The summed E-state index contributed by atoms with van der Waals surface area (Å²) in [7, 11) is 0. The number of hydrogen-bond donors (Lipinski definition) is 1. The first-order valence-electron chi connectivity index (χ1n) is 8.36. The number of aryl methyl sites for hydroxylation is 1. The van der Waals surface area contributed by atoms with Crippen LogP contribution in [0.3, 0.4) is 0 Å². The van der Waals surface area contributed by atoms with E-state index in [1.165, 1.54) is 34.4 Å². The number of amides is 1. The van der Waals surface area contributed by atoms with Gasteiger partial charge in [-0.3, -0.25) is 4.79 Å². The van der Waals surface area contributed by atoms with Crippen LogP contribution in [0.15, 0.2) is 58.5 Å². The summed E-state index contributed by atoms with van der Waals surface area (Å²) in [6.07, 6.45) is -3.00. The van der Waals surface area contributed by atoms with Gasteiger partial charge in [-0.2, -0.15) is 23.0 Å². The van der Waals surface area contributed by atoms with Crippen LogP contribution in [0.5, 0.6) is 0 Å². The van der Waals surface area contributed by atoms with Crippen molar-refractivity contribution in [2.45, 2.75) is 13.1 Å². The van der Waals surface area contributed by atoms with Gasteiger partial charge in [0.25, 0.3) is 5.91 Å². The summed E-state index contributed by atoms with van der Waals surface area (Å²) in [4.78, 5) is 17.0. The zero-order valence-corrected chi connectivity index (χ0v) is 15.7. The van der Waals surface area contributed by atoms with Crippen molar-refractivity contribution in [2.24, 2.45) is 0 Å². The van der Waals surface area contributed by atoms with E-state index in [0.717, 1.165) is 12.1 Å². The van der Waals surface area contributed by atoms with Gasteiger partial charge in [0.2, 0.25) is 5.13 Å². The first-order chi connectivity index (χ1) is 13.8. The Hall–Kier alpha value is -3.40. The van der Waals surface area contributed by atoms with E-state index in [1.807, 2.05) is 0 Å². The molecule has 1 N–H and O–H groups in total. The summed E-state index contributed by atoms with van der Waals surface area (Å²) in [6, 6.07) is 9.35. The number of nitrogens with zero attached hydrogens (tertiary/aromatic N) is 3. The summed E-state index contributed by atoms with van der Waals surface area (Å²) < 4.78 is 45.5. The molecule has 4 rings (SSSR count). The van der Waals surface area contributed by atoms with Crippen LogP contribution in [0.1, 0.15) is 21.6 Å². The van der Waals surface area contributed by atoms with Crippen molar-refractivity contribution in [3.63, 3.8) is 0 Å². The molecule has 6 nitrogen and oxygen atoms in total.